The molecule has 3 saturated heterocycles. The number of likely N-dealkylation sites (tertiary alicyclic amines) is 1. The third-order valence-electron chi connectivity index (χ3n) is 4.76. The van der Waals surface area contributed by atoms with Crippen LogP contribution in [-0.2, 0) is 9.47 Å². The Balaban J connectivity index is 1.36. The van der Waals surface area contributed by atoms with Crippen molar-refractivity contribution in [2.45, 2.75) is 18.6 Å². The number of likely N-dealkylation sites (N-methyl/N-ethyl adjacent to an activating group) is 1. The van der Waals surface area contributed by atoms with Crippen LogP contribution in [-0.4, -0.2) is 93.1 Å². The number of nitrogens with zero attached hydrogens (tertiary/aromatic N) is 3. The highest BCUT2D eigenvalue weighted by molar-refractivity contribution is 4.83. The number of hydrogen-bond acceptors (Lipinski definition) is 5. The van der Waals surface area contributed by atoms with E-state index in [4.69, 9.17) is 9.47 Å². The van der Waals surface area contributed by atoms with Gasteiger partial charge in [-0.15, -0.1) is 0 Å². The molecular weight excluding hydrogens is 242 g/mol. The van der Waals surface area contributed by atoms with Crippen LogP contribution in [0.15, 0.2) is 0 Å². The van der Waals surface area contributed by atoms with Crippen molar-refractivity contribution >= 4 is 0 Å². The maximum Gasteiger partial charge on any atom is 0.170 e. The average Bonchev–Trinajstić information content (AvgIpc) is 2.89. The summed E-state index contributed by atoms with van der Waals surface area (Å²) >= 11 is 0. The number of piperidine rings is 1. The van der Waals surface area contributed by atoms with Gasteiger partial charge in [0.05, 0.1) is 13.2 Å². The first-order valence-corrected chi connectivity index (χ1v) is 7.67. The zero-order valence-electron chi connectivity index (χ0n) is 12.1. The van der Waals surface area contributed by atoms with Crippen molar-refractivity contribution < 1.29 is 9.47 Å². The molecule has 5 heteroatoms. The first-order chi connectivity index (χ1) is 9.26. The van der Waals surface area contributed by atoms with Gasteiger partial charge in [-0.25, -0.2) is 0 Å². The molecular formula is C14H27N3O2. The molecule has 0 aromatic rings. The molecule has 0 atom stereocenters. The molecule has 0 bridgehead atoms. The highest BCUT2D eigenvalue weighted by Crippen LogP contribution is 2.30. The summed E-state index contributed by atoms with van der Waals surface area (Å²) in [6.07, 6.45) is 2.07. The van der Waals surface area contributed by atoms with E-state index in [2.05, 4.69) is 21.7 Å². The number of hydrogen-bond donors (Lipinski definition) is 0. The first-order valence-electron chi connectivity index (χ1n) is 7.67. The number of ether oxygens (including phenoxy) is 2. The quantitative estimate of drug-likeness (QED) is 0.723. The lowest BCUT2D eigenvalue weighted by Gasteiger charge is -2.39. The molecule has 3 aliphatic rings. The predicted molar refractivity (Wildman–Crippen MR) is 74.2 cm³/mol. The van der Waals surface area contributed by atoms with Gasteiger partial charge in [0.1, 0.15) is 0 Å². The molecule has 19 heavy (non-hydrogen) atoms. The van der Waals surface area contributed by atoms with Crippen LogP contribution >= 0.6 is 0 Å². The van der Waals surface area contributed by atoms with Crippen LogP contribution in [0.5, 0.6) is 0 Å². The molecule has 0 aromatic heterocycles. The van der Waals surface area contributed by atoms with E-state index in [1.165, 1.54) is 39.3 Å². The van der Waals surface area contributed by atoms with Gasteiger partial charge < -0.3 is 19.3 Å². The van der Waals surface area contributed by atoms with Gasteiger partial charge in [-0.2, -0.15) is 0 Å². The Bertz CT molecular complexity index is 276. The maximum atomic E-state index is 5.77. The van der Waals surface area contributed by atoms with Crippen LogP contribution in [0.25, 0.3) is 0 Å². The van der Waals surface area contributed by atoms with Crippen LogP contribution in [0, 0.1) is 0 Å². The van der Waals surface area contributed by atoms with E-state index < -0.39 is 0 Å². The first kappa shape index (κ1) is 13.8. The smallest absolute Gasteiger partial charge is 0.170 e. The van der Waals surface area contributed by atoms with E-state index in [0.717, 1.165) is 39.1 Å². The summed E-state index contributed by atoms with van der Waals surface area (Å²) in [5.41, 5.74) is 0. The minimum absolute atomic E-state index is 0.218. The second-order valence-corrected chi connectivity index (χ2v) is 6.09. The molecule has 0 aliphatic carbocycles. The molecule has 5 nitrogen and oxygen atoms in total. The van der Waals surface area contributed by atoms with E-state index >= 15 is 0 Å². The topological polar surface area (TPSA) is 28.2 Å². The Morgan fingerprint density at radius 3 is 1.89 bits per heavy atom. The van der Waals surface area contributed by atoms with Gasteiger partial charge >= 0.3 is 0 Å². The van der Waals surface area contributed by atoms with Gasteiger partial charge in [-0.1, -0.05) is 0 Å². The molecule has 1 spiro atoms. The Morgan fingerprint density at radius 1 is 0.789 bits per heavy atom. The van der Waals surface area contributed by atoms with E-state index in [9.17, 15) is 0 Å². The average molecular weight is 269 g/mol. The highest BCUT2D eigenvalue weighted by Gasteiger charge is 2.39. The number of piperazine rings is 1. The second kappa shape index (κ2) is 6.06. The summed E-state index contributed by atoms with van der Waals surface area (Å²) < 4.78 is 11.5. The monoisotopic (exact) mass is 269 g/mol. The van der Waals surface area contributed by atoms with E-state index in [1.54, 1.807) is 0 Å². The highest BCUT2D eigenvalue weighted by atomic mass is 16.7. The maximum absolute atomic E-state index is 5.77. The molecule has 3 rings (SSSR count). The van der Waals surface area contributed by atoms with Crippen LogP contribution < -0.4 is 0 Å². The van der Waals surface area contributed by atoms with Crippen molar-refractivity contribution in [3.05, 3.63) is 0 Å². The van der Waals surface area contributed by atoms with Crippen molar-refractivity contribution in [2.24, 2.45) is 0 Å². The van der Waals surface area contributed by atoms with Crippen LogP contribution in [0.2, 0.25) is 0 Å². The Morgan fingerprint density at radius 2 is 1.32 bits per heavy atom. The van der Waals surface area contributed by atoms with Crippen molar-refractivity contribution in [2.75, 3.05) is 72.6 Å². The van der Waals surface area contributed by atoms with E-state index in [0.29, 0.717) is 0 Å². The van der Waals surface area contributed by atoms with Crippen LogP contribution in [0.4, 0.5) is 0 Å². The van der Waals surface area contributed by atoms with Crippen molar-refractivity contribution in [3.63, 3.8) is 0 Å². The molecule has 0 saturated carbocycles. The largest absolute Gasteiger partial charge is 0.347 e. The van der Waals surface area contributed by atoms with Gasteiger partial charge in [0.25, 0.3) is 0 Å². The Hall–Kier alpha value is -0.200. The van der Waals surface area contributed by atoms with Gasteiger partial charge in [0.15, 0.2) is 5.79 Å². The molecule has 0 N–H and O–H groups in total. The second-order valence-electron chi connectivity index (χ2n) is 6.09. The lowest BCUT2D eigenvalue weighted by Crippen LogP contribution is -2.50. The SMILES string of the molecule is CN1CCN(CCN2CCC3(CC2)OCCO3)CC1. The minimum atomic E-state index is -0.218. The summed E-state index contributed by atoms with van der Waals surface area (Å²) in [5.74, 6) is -0.218. The fourth-order valence-electron chi connectivity index (χ4n) is 3.26. The minimum Gasteiger partial charge on any atom is -0.347 e. The van der Waals surface area contributed by atoms with E-state index in [1.807, 2.05) is 0 Å². The molecule has 110 valence electrons. The third kappa shape index (κ3) is 3.47. The lowest BCUT2D eigenvalue weighted by atomic mass is 10.0. The summed E-state index contributed by atoms with van der Waals surface area (Å²) in [7, 11) is 2.21. The lowest BCUT2D eigenvalue weighted by molar-refractivity contribution is -0.185. The summed E-state index contributed by atoms with van der Waals surface area (Å²) in [6, 6.07) is 0. The van der Waals surface area contributed by atoms with Crippen molar-refractivity contribution in [1.29, 1.82) is 0 Å². The molecule has 0 unspecified atom stereocenters. The Kier molecular flexibility index (Phi) is 4.39. The standard InChI is InChI=1S/C14H27N3O2/c1-15-6-8-17(9-7-15)11-10-16-4-2-14(3-5-16)18-12-13-19-14/h2-13H2,1H3. The molecule has 3 fully saturated rings. The van der Waals surface area contributed by atoms with Crippen LogP contribution in [0.1, 0.15) is 12.8 Å². The zero-order chi connectivity index (χ0) is 13.1. The van der Waals surface area contributed by atoms with Gasteiger partial charge in [-0.3, -0.25) is 4.90 Å². The summed E-state index contributed by atoms with van der Waals surface area (Å²) in [6.45, 7) is 11.1. The normalized spacial score (nSPS) is 30.2. The molecule has 0 radical (unpaired) electrons. The van der Waals surface area contributed by atoms with Gasteiger partial charge in [-0.05, 0) is 7.05 Å². The van der Waals surface area contributed by atoms with Crippen molar-refractivity contribution in [3.8, 4) is 0 Å². The molecule has 3 heterocycles. The van der Waals surface area contributed by atoms with Crippen LogP contribution in [0.3, 0.4) is 0 Å². The van der Waals surface area contributed by atoms with Gasteiger partial charge in [0.2, 0.25) is 0 Å². The molecule has 0 aromatic carbocycles. The van der Waals surface area contributed by atoms with E-state index in [-0.39, 0.29) is 5.79 Å². The third-order valence-corrected chi connectivity index (χ3v) is 4.76. The fourth-order valence-corrected chi connectivity index (χ4v) is 3.26. The summed E-state index contributed by atoms with van der Waals surface area (Å²) in [5, 5.41) is 0. The summed E-state index contributed by atoms with van der Waals surface area (Å²) in [4.78, 5) is 7.57. The fraction of sp³-hybridized carbons (Fsp3) is 1.00. The van der Waals surface area contributed by atoms with Gasteiger partial charge in [0, 0.05) is 65.2 Å². The molecule has 3 aliphatic heterocycles. The predicted octanol–water partition coefficient (Wildman–Crippen LogP) is 0.0727. The Labute approximate surface area is 116 Å². The zero-order valence-corrected chi connectivity index (χ0v) is 12.1. The molecule has 0 amide bonds. The number of rotatable bonds is 3. The van der Waals surface area contributed by atoms with Crippen molar-refractivity contribution in [1.82, 2.24) is 14.7 Å².